The lowest BCUT2D eigenvalue weighted by Gasteiger charge is -2.35. The van der Waals surface area contributed by atoms with Crippen molar-refractivity contribution in [3.63, 3.8) is 0 Å². The number of aromatic nitrogens is 1. The van der Waals surface area contributed by atoms with Gasteiger partial charge in [-0.1, -0.05) is 6.07 Å². The van der Waals surface area contributed by atoms with Crippen molar-refractivity contribution in [2.45, 2.75) is 32.3 Å². The molecule has 0 saturated carbocycles. The standard InChI is InChI=1S/C14H21N3O2/c1-3-15-12-6-4-5-11(16-12)13(18)17-9-7-14(2,19)8-10-17/h4-6,19H,3,7-10H2,1-2H3,(H,15,16). The topological polar surface area (TPSA) is 65.5 Å². The van der Waals surface area contributed by atoms with Crippen LogP contribution in [0.15, 0.2) is 18.2 Å². The second-order valence-corrected chi connectivity index (χ2v) is 5.23. The van der Waals surface area contributed by atoms with Crippen LogP contribution < -0.4 is 5.32 Å². The summed E-state index contributed by atoms with van der Waals surface area (Å²) in [5, 5.41) is 13.0. The van der Waals surface area contributed by atoms with E-state index >= 15 is 0 Å². The second kappa shape index (κ2) is 5.57. The van der Waals surface area contributed by atoms with Gasteiger partial charge in [0.15, 0.2) is 0 Å². The Kier molecular flexibility index (Phi) is 4.04. The van der Waals surface area contributed by atoms with E-state index in [-0.39, 0.29) is 5.91 Å². The van der Waals surface area contributed by atoms with Gasteiger partial charge in [-0.25, -0.2) is 4.98 Å². The molecule has 5 heteroatoms. The van der Waals surface area contributed by atoms with Gasteiger partial charge in [0.05, 0.1) is 5.60 Å². The number of amides is 1. The average molecular weight is 263 g/mol. The molecule has 0 bridgehead atoms. The fourth-order valence-corrected chi connectivity index (χ4v) is 2.19. The molecule has 0 atom stereocenters. The molecule has 0 radical (unpaired) electrons. The van der Waals surface area contributed by atoms with Gasteiger partial charge in [0.2, 0.25) is 0 Å². The first-order chi connectivity index (χ1) is 9.02. The van der Waals surface area contributed by atoms with Crippen LogP contribution in [0.25, 0.3) is 0 Å². The fraction of sp³-hybridized carbons (Fsp3) is 0.571. The summed E-state index contributed by atoms with van der Waals surface area (Å²) in [7, 11) is 0. The number of pyridine rings is 1. The van der Waals surface area contributed by atoms with Gasteiger partial charge >= 0.3 is 0 Å². The van der Waals surface area contributed by atoms with Crippen LogP contribution in [0.4, 0.5) is 5.82 Å². The molecule has 1 aromatic rings. The van der Waals surface area contributed by atoms with E-state index in [0.29, 0.717) is 31.6 Å². The third kappa shape index (κ3) is 3.44. The molecule has 1 fully saturated rings. The number of likely N-dealkylation sites (tertiary alicyclic amines) is 1. The van der Waals surface area contributed by atoms with Crippen molar-refractivity contribution in [3.8, 4) is 0 Å². The van der Waals surface area contributed by atoms with E-state index in [1.54, 1.807) is 11.0 Å². The highest BCUT2D eigenvalue weighted by Crippen LogP contribution is 2.22. The average Bonchev–Trinajstić information content (AvgIpc) is 2.39. The van der Waals surface area contributed by atoms with Gasteiger partial charge in [0.25, 0.3) is 5.91 Å². The molecule has 1 aliphatic rings. The van der Waals surface area contributed by atoms with Gasteiger partial charge in [-0.15, -0.1) is 0 Å². The Bertz CT molecular complexity index is 450. The predicted octanol–water partition coefficient (Wildman–Crippen LogP) is 1.50. The third-order valence-corrected chi connectivity index (χ3v) is 3.45. The number of hydrogen-bond donors (Lipinski definition) is 2. The van der Waals surface area contributed by atoms with Crippen LogP contribution >= 0.6 is 0 Å². The highest BCUT2D eigenvalue weighted by atomic mass is 16.3. The molecule has 1 saturated heterocycles. The summed E-state index contributed by atoms with van der Waals surface area (Å²) in [4.78, 5) is 18.4. The van der Waals surface area contributed by atoms with Crippen LogP contribution in [0.2, 0.25) is 0 Å². The highest BCUT2D eigenvalue weighted by molar-refractivity contribution is 5.92. The zero-order chi connectivity index (χ0) is 13.9. The molecular formula is C14H21N3O2. The van der Waals surface area contributed by atoms with Crippen LogP contribution in [0.1, 0.15) is 37.2 Å². The molecule has 1 aromatic heterocycles. The maximum absolute atomic E-state index is 12.3. The number of carbonyl (C=O) groups excluding carboxylic acids is 1. The molecule has 2 rings (SSSR count). The molecule has 1 amide bonds. The minimum absolute atomic E-state index is 0.0600. The Hall–Kier alpha value is -1.62. The van der Waals surface area contributed by atoms with Gasteiger partial charge < -0.3 is 15.3 Å². The van der Waals surface area contributed by atoms with Crippen LogP contribution in [-0.4, -0.2) is 46.1 Å². The number of rotatable bonds is 3. The molecule has 5 nitrogen and oxygen atoms in total. The Morgan fingerprint density at radius 1 is 1.47 bits per heavy atom. The number of nitrogens with zero attached hydrogens (tertiary/aromatic N) is 2. The summed E-state index contributed by atoms with van der Waals surface area (Å²) in [6.45, 7) is 5.75. The normalized spacial score (nSPS) is 18.2. The fourth-order valence-electron chi connectivity index (χ4n) is 2.19. The molecule has 19 heavy (non-hydrogen) atoms. The van der Waals surface area contributed by atoms with Gasteiger partial charge in [-0.05, 0) is 38.8 Å². The minimum atomic E-state index is -0.643. The molecule has 2 N–H and O–H groups in total. The maximum atomic E-state index is 12.3. The van der Waals surface area contributed by atoms with Crippen molar-refractivity contribution < 1.29 is 9.90 Å². The van der Waals surface area contributed by atoms with Crippen LogP contribution in [0.5, 0.6) is 0 Å². The Morgan fingerprint density at radius 3 is 2.79 bits per heavy atom. The summed E-state index contributed by atoms with van der Waals surface area (Å²) in [6.07, 6.45) is 1.23. The molecule has 0 aliphatic carbocycles. The Balaban J connectivity index is 2.05. The Morgan fingerprint density at radius 2 is 2.16 bits per heavy atom. The lowest BCUT2D eigenvalue weighted by Crippen LogP contribution is -2.45. The molecule has 0 aromatic carbocycles. The summed E-state index contributed by atoms with van der Waals surface area (Å²) >= 11 is 0. The summed E-state index contributed by atoms with van der Waals surface area (Å²) in [5.74, 6) is 0.660. The predicted molar refractivity (Wildman–Crippen MR) is 74.2 cm³/mol. The lowest BCUT2D eigenvalue weighted by molar-refractivity contribution is -0.00219. The SMILES string of the molecule is CCNc1cccc(C(=O)N2CCC(C)(O)CC2)n1. The third-order valence-electron chi connectivity index (χ3n) is 3.45. The first kappa shape index (κ1) is 13.8. The zero-order valence-corrected chi connectivity index (χ0v) is 11.5. The summed E-state index contributed by atoms with van der Waals surface area (Å²) in [5.41, 5.74) is -0.185. The second-order valence-electron chi connectivity index (χ2n) is 5.23. The zero-order valence-electron chi connectivity index (χ0n) is 11.5. The van der Waals surface area contributed by atoms with Crippen molar-refractivity contribution in [3.05, 3.63) is 23.9 Å². The maximum Gasteiger partial charge on any atom is 0.272 e. The van der Waals surface area contributed by atoms with E-state index in [1.165, 1.54) is 0 Å². The van der Waals surface area contributed by atoms with Gasteiger partial charge in [-0.3, -0.25) is 4.79 Å². The number of piperidine rings is 1. The smallest absolute Gasteiger partial charge is 0.272 e. The molecule has 104 valence electrons. The quantitative estimate of drug-likeness (QED) is 0.867. The highest BCUT2D eigenvalue weighted by Gasteiger charge is 2.30. The number of hydrogen-bond acceptors (Lipinski definition) is 4. The largest absolute Gasteiger partial charge is 0.390 e. The molecule has 2 heterocycles. The van der Waals surface area contributed by atoms with E-state index in [9.17, 15) is 9.90 Å². The minimum Gasteiger partial charge on any atom is -0.390 e. The lowest BCUT2D eigenvalue weighted by atomic mass is 9.94. The number of carbonyl (C=O) groups is 1. The van der Waals surface area contributed by atoms with Crippen molar-refractivity contribution >= 4 is 11.7 Å². The van der Waals surface area contributed by atoms with E-state index < -0.39 is 5.60 Å². The molecule has 0 spiro atoms. The van der Waals surface area contributed by atoms with Gasteiger partial charge in [0.1, 0.15) is 11.5 Å². The van der Waals surface area contributed by atoms with E-state index in [1.807, 2.05) is 26.0 Å². The van der Waals surface area contributed by atoms with Gasteiger partial charge in [-0.2, -0.15) is 0 Å². The van der Waals surface area contributed by atoms with Crippen molar-refractivity contribution in [1.82, 2.24) is 9.88 Å². The van der Waals surface area contributed by atoms with E-state index in [0.717, 1.165) is 12.4 Å². The van der Waals surface area contributed by atoms with Crippen LogP contribution in [0.3, 0.4) is 0 Å². The van der Waals surface area contributed by atoms with Crippen molar-refractivity contribution in [2.75, 3.05) is 25.0 Å². The monoisotopic (exact) mass is 263 g/mol. The number of nitrogens with one attached hydrogen (secondary N) is 1. The van der Waals surface area contributed by atoms with E-state index in [2.05, 4.69) is 10.3 Å². The van der Waals surface area contributed by atoms with Gasteiger partial charge in [0, 0.05) is 19.6 Å². The number of aliphatic hydroxyl groups is 1. The van der Waals surface area contributed by atoms with E-state index in [4.69, 9.17) is 0 Å². The molecule has 0 unspecified atom stereocenters. The number of anilines is 1. The van der Waals surface area contributed by atoms with Crippen LogP contribution in [-0.2, 0) is 0 Å². The first-order valence-corrected chi connectivity index (χ1v) is 6.74. The van der Waals surface area contributed by atoms with Crippen molar-refractivity contribution in [1.29, 1.82) is 0 Å². The molecular weight excluding hydrogens is 242 g/mol. The summed E-state index contributed by atoms with van der Waals surface area (Å²) in [6, 6.07) is 5.41. The molecule has 1 aliphatic heterocycles. The van der Waals surface area contributed by atoms with Crippen LogP contribution in [0, 0.1) is 0 Å². The Labute approximate surface area is 113 Å². The first-order valence-electron chi connectivity index (χ1n) is 6.74. The van der Waals surface area contributed by atoms with Crippen molar-refractivity contribution in [2.24, 2.45) is 0 Å². The summed E-state index contributed by atoms with van der Waals surface area (Å²) < 4.78 is 0.